The highest BCUT2D eigenvalue weighted by molar-refractivity contribution is 5.80. The summed E-state index contributed by atoms with van der Waals surface area (Å²) in [6.07, 6.45) is 2.25. The number of nitrogens with one attached hydrogen (secondary N) is 2. The molecular formula is C19H25FN6O. The zero-order valence-corrected chi connectivity index (χ0v) is 16.0. The molecule has 0 aliphatic carbocycles. The first-order valence-electron chi connectivity index (χ1n) is 8.96. The van der Waals surface area contributed by atoms with Crippen LogP contribution in [0.25, 0.3) is 10.9 Å². The van der Waals surface area contributed by atoms with Gasteiger partial charge in [0, 0.05) is 30.7 Å². The van der Waals surface area contributed by atoms with Crippen molar-refractivity contribution in [1.82, 2.24) is 30.0 Å². The monoisotopic (exact) mass is 372 g/mol. The lowest BCUT2D eigenvalue weighted by molar-refractivity contribution is 0.199. The number of benzene rings is 1. The van der Waals surface area contributed by atoms with E-state index in [1.165, 1.54) is 18.5 Å². The summed E-state index contributed by atoms with van der Waals surface area (Å²) in [5.41, 5.74) is 1.68. The summed E-state index contributed by atoms with van der Waals surface area (Å²) in [5.74, 6) is 0.840. The number of fused-ring (bicyclic) bond motifs is 1. The third-order valence-electron chi connectivity index (χ3n) is 4.46. The third-order valence-corrected chi connectivity index (χ3v) is 4.46. The molecule has 1 aromatic carbocycles. The maximum atomic E-state index is 13.3. The molecule has 8 heteroatoms. The topological polar surface area (TPSA) is 78.8 Å². The molecule has 3 rings (SSSR count). The first-order chi connectivity index (χ1) is 12.8. The molecule has 0 spiro atoms. The maximum absolute atomic E-state index is 13.3. The van der Waals surface area contributed by atoms with Crippen LogP contribution in [0.15, 0.2) is 30.6 Å². The average molecular weight is 372 g/mol. The highest BCUT2D eigenvalue weighted by Crippen LogP contribution is 2.20. The lowest BCUT2D eigenvalue weighted by Gasteiger charge is -2.24. The molecule has 1 atom stereocenters. The Hall–Kier alpha value is -2.90. The standard InChI is InChI=1S/C19H25FN6O/c1-12(2)7-17(18-21-11-22-26(18)4)24-19(27)25(3)10-15-9-13-8-14(20)5-6-16(13)23-15/h5-6,8-9,11-12,17,23H,7,10H2,1-4H3,(H,24,27). The van der Waals surface area contributed by atoms with Crippen molar-refractivity contribution < 1.29 is 9.18 Å². The van der Waals surface area contributed by atoms with E-state index >= 15 is 0 Å². The second-order valence-corrected chi connectivity index (χ2v) is 7.26. The highest BCUT2D eigenvalue weighted by atomic mass is 19.1. The van der Waals surface area contributed by atoms with Gasteiger partial charge in [0.25, 0.3) is 0 Å². The predicted molar refractivity (Wildman–Crippen MR) is 101 cm³/mol. The van der Waals surface area contributed by atoms with Crippen LogP contribution in [0.2, 0.25) is 0 Å². The minimum Gasteiger partial charge on any atom is -0.357 e. The fourth-order valence-electron chi connectivity index (χ4n) is 3.16. The molecular weight excluding hydrogens is 347 g/mol. The second kappa shape index (κ2) is 7.77. The number of hydrogen-bond donors (Lipinski definition) is 2. The molecule has 2 amide bonds. The summed E-state index contributed by atoms with van der Waals surface area (Å²) < 4.78 is 15.0. The molecule has 0 radical (unpaired) electrons. The number of amides is 2. The molecule has 0 aliphatic rings. The molecule has 0 aliphatic heterocycles. The SMILES string of the molecule is CC(C)CC(NC(=O)N(C)Cc1cc2cc(F)ccc2[nH]1)c1ncnn1C. The Kier molecular flexibility index (Phi) is 5.43. The number of nitrogens with zero attached hydrogens (tertiary/aromatic N) is 4. The molecule has 0 fully saturated rings. The Labute approximate surface area is 157 Å². The van der Waals surface area contributed by atoms with E-state index in [1.807, 2.05) is 13.1 Å². The quantitative estimate of drug-likeness (QED) is 0.696. The van der Waals surface area contributed by atoms with Gasteiger partial charge in [-0.15, -0.1) is 0 Å². The van der Waals surface area contributed by atoms with E-state index in [2.05, 4.69) is 34.2 Å². The van der Waals surface area contributed by atoms with E-state index < -0.39 is 0 Å². The van der Waals surface area contributed by atoms with Crippen molar-refractivity contribution in [2.24, 2.45) is 13.0 Å². The lowest BCUT2D eigenvalue weighted by Crippen LogP contribution is -2.40. The summed E-state index contributed by atoms with van der Waals surface area (Å²) in [4.78, 5) is 21.8. The number of aryl methyl sites for hydroxylation is 1. The molecule has 0 bridgehead atoms. The van der Waals surface area contributed by atoms with E-state index in [4.69, 9.17) is 0 Å². The van der Waals surface area contributed by atoms with Crippen LogP contribution in [-0.4, -0.2) is 37.7 Å². The molecule has 2 heterocycles. The predicted octanol–water partition coefficient (Wildman–Crippen LogP) is 3.36. The number of aromatic nitrogens is 4. The molecule has 7 nitrogen and oxygen atoms in total. The molecule has 2 N–H and O–H groups in total. The zero-order chi connectivity index (χ0) is 19.6. The van der Waals surface area contributed by atoms with Crippen LogP contribution in [-0.2, 0) is 13.6 Å². The van der Waals surface area contributed by atoms with Crippen molar-refractivity contribution in [1.29, 1.82) is 0 Å². The Morgan fingerprint density at radius 2 is 2.15 bits per heavy atom. The van der Waals surface area contributed by atoms with Gasteiger partial charge >= 0.3 is 6.03 Å². The van der Waals surface area contributed by atoms with Crippen molar-refractivity contribution in [2.45, 2.75) is 32.9 Å². The van der Waals surface area contributed by atoms with Gasteiger partial charge in [0.15, 0.2) is 0 Å². The Balaban J connectivity index is 1.70. The summed E-state index contributed by atoms with van der Waals surface area (Å²) in [6, 6.07) is 6.02. The number of carbonyl (C=O) groups is 1. The molecule has 0 saturated heterocycles. The third kappa shape index (κ3) is 4.45. The van der Waals surface area contributed by atoms with E-state index in [9.17, 15) is 9.18 Å². The highest BCUT2D eigenvalue weighted by Gasteiger charge is 2.22. The molecule has 144 valence electrons. The molecule has 3 aromatic rings. The largest absolute Gasteiger partial charge is 0.357 e. The number of halogens is 1. The van der Waals surface area contributed by atoms with Crippen LogP contribution in [0.4, 0.5) is 9.18 Å². The van der Waals surface area contributed by atoms with Crippen molar-refractivity contribution in [3.8, 4) is 0 Å². The van der Waals surface area contributed by atoms with Gasteiger partial charge in [0.1, 0.15) is 18.0 Å². The van der Waals surface area contributed by atoms with Crippen LogP contribution in [0.1, 0.15) is 37.8 Å². The van der Waals surface area contributed by atoms with Gasteiger partial charge in [0.2, 0.25) is 0 Å². The number of urea groups is 1. The zero-order valence-electron chi connectivity index (χ0n) is 16.0. The van der Waals surface area contributed by atoms with Crippen LogP contribution in [0.5, 0.6) is 0 Å². The van der Waals surface area contributed by atoms with Crippen LogP contribution in [0, 0.1) is 11.7 Å². The summed E-state index contributed by atoms with van der Waals surface area (Å²) in [6.45, 7) is 4.58. The van der Waals surface area contributed by atoms with Gasteiger partial charge in [-0.2, -0.15) is 5.10 Å². The maximum Gasteiger partial charge on any atom is 0.318 e. The number of aromatic amines is 1. The first-order valence-corrected chi connectivity index (χ1v) is 8.96. The van der Waals surface area contributed by atoms with Crippen LogP contribution >= 0.6 is 0 Å². The van der Waals surface area contributed by atoms with Crippen LogP contribution in [0.3, 0.4) is 0 Å². The molecule has 2 aromatic heterocycles. The summed E-state index contributed by atoms with van der Waals surface area (Å²) in [5, 5.41) is 7.93. The normalized spacial score (nSPS) is 12.5. The average Bonchev–Trinajstić information content (AvgIpc) is 3.18. The smallest absolute Gasteiger partial charge is 0.318 e. The second-order valence-electron chi connectivity index (χ2n) is 7.26. The van der Waals surface area contributed by atoms with Gasteiger partial charge in [-0.3, -0.25) is 4.68 Å². The number of rotatable bonds is 6. The molecule has 27 heavy (non-hydrogen) atoms. The Morgan fingerprint density at radius 1 is 1.37 bits per heavy atom. The summed E-state index contributed by atoms with van der Waals surface area (Å²) >= 11 is 0. The number of H-pyrrole nitrogens is 1. The number of carbonyl (C=O) groups excluding carboxylic acids is 1. The summed E-state index contributed by atoms with van der Waals surface area (Å²) in [7, 11) is 3.54. The number of hydrogen-bond acceptors (Lipinski definition) is 3. The van der Waals surface area contributed by atoms with E-state index in [0.29, 0.717) is 12.5 Å². The first kappa shape index (κ1) is 18.9. The molecule has 0 saturated carbocycles. The Bertz CT molecular complexity index is 931. The van der Waals surface area contributed by atoms with Gasteiger partial charge in [-0.1, -0.05) is 13.8 Å². The lowest BCUT2D eigenvalue weighted by atomic mass is 10.0. The minimum atomic E-state index is -0.278. The van der Waals surface area contributed by atoms with E-state index in [1.54, 1.807) is 22.7 Å². The Morgan fingerprint density at radius 3 is 2.81 bits per heavy atom. The van der Waals surface area contributed by atoms with Crippen molar-refractivity contribution in [3.63, 3.8) is 0 Å². The van der Waals surface area contributed by atoms with E-state index in [-0.39, 0.29) is 17.9 Å². The van der Waals surface area contributed by atoms with Gasteiger partial charge in [-0.25, -0.2) is 14.2 Å². The van der Waals surface area contributed by atoms with E-state index in [0.717, 1.165) is 28.8 Å². The fourth-order valence-corrected chi connectivity index (χ4v) is 3.16. The van der Waals surface area contributed by atoms with Crippen LogP contribution < -0.4 is 5.32 Å². The van der Waals surface area contributed by atoms with Crippen molar-refractivity contribution in [3.05, 3.63) is 47.9 Å². The van der Waals surface area contributed by atoms with Crippen molar-refractivity contribution >= 4 is 16.9 Å². The minimum absolute atomic E-state index is 0.200. The van der Waals surface area contributed by atoms with Gasteiger partial charge in [0.05, 0.1) is 12.6 Å². The van der Waals surface area contributed by atoms with Gasteiger partial charge in [-0.05, 0) is 36.6 Å². The van der Waals surface area contributed by atoms with Crippen molar-refractivity contribution in [2.75, 3.05) is 7.05 Å². The fraction of sp³-hybridized carbons (Fsp3) is 0.421. The van der Waals surface area contributed by atoms with Gasteiger partial charge < -0.3 is 15.2 Å². The molecule has 1 unspecified atom stereocenters.